The summed E-state index contributed by atoms with van der Waals surface area (Å²) in [6.45, 7) is 11.3. The van der Waals surface area contributed by atoms with Crippen molar-refractivity contribution >= 4 is 0 Å². The third kappa shape index (κ3) is 4.52. The third-order valence-corrected chi connectivity index (χ3v) is 3.92. The summed E-state index contributed by atoms with van der Waals surface area (Å²) in [4.78, 5) is 2.67. The zero-order chi connectivity index (χ0) is 13.0. The quantitative estimate of drug-likeness (QED) is 0.719. The standard InChI is InChI=1S/C15H30N2O/c1-4-16-9-14-7-8-15(18-14)11-17(10-12(2)3)13-5-6-13/h12-16H,4-11H2,1-3H3. The van der Waals surface area contributed by atoms with Gasteiger partial charge in [0.2, 0.25) is 0 Å². The molecular weight excluding hydrogens is 224 g/mol. The van der Waals surface area contributed by atoms with Crippen LogP contribution in [0.25, 0.3) is 0 Å². The lowest BCUT2D eigenvalue weighted by Crippen LogP contribution is -2.37. The van der Waals surface area contributed by atoms with Crippen molar-refractivity contribution in [2.45, 2.75) is 64.7 Å². The summed E-state index contributed by atoms with van der Waals surface area (Å²) in [5.41, 5.74) is 0. The van der Waals surface area contributed by atoms with Crippen LogP contribution in [0.2, 0.25) is 0 Å². The zero-order valence-corrected chi connectivity index (χ0v) is 12.3. The van der Waals surface area contributed by atoms with Crippen LogP contribution in [0.3, 0.4) is 0 Å². The summed E-state index contributed by atoms with van der Waals surface area (Å²) in [5.74, 6) is 0.768. The number of nitrogens with zero attached hydrogens (tertiary/aromatic N) is 1. The van der Waals surface area contributed by atoms with Crippen LogP contribution in [0.15, 0.2) is 0 Å². The predicted molar refractivity (Wildman–Crippen MR) is 75.9 cm³/mol. The highest BCUT2D eigenvalue weighted by Gasteiger charge is 2.33. The molecular formula is C15H30N2O. The lowest BCUT2D eigenvalue weighted by molar-refractivity contribution is 0.0197. The van der Waals surface area contributed by atoms with Gasteiger partial charge in [-0.1, -0.05) is 20.8 Å². The molecule has 0 aromatic carbocycles. The molecule has 3 heteroatoms. The fourth-order valence-electron chi connectivity index (χ4n) is 2.91. The fourth-order valence-corrected chi connectivity index (χ4v) is 2.91. The Morgan fingerprint density at radius 3 is 2.50 bits per heavy atom. The average molecular weight is 254 g/mol. The molecule has 1 saturated heterocycles. The molecule has 2 atom stereocenters. The minimum Gasteiger partial charge on any atom is -0.372 e. The molecule has 106 valence electrons. The van der Waals surface area contributed by atoms with E-state index in [4.69, 9.17) is 4.74 Å². The molecule has 0 bridgehead atoms. The number of hydrogen-bond acceptors (Lipinski definition) is 3. The van der Waals surface area contributed by atoms with Gasteiger partial charge in [0, 0.05) is 25.7 Å². The summed E-state index contributed by atoms with van der Waals surface area (Å²) in [6.07, 6.45) is 6.22. The van der Waals surface area contributed by atoms with Gasteiger partial charge >= 0.3 is 0 Å². The molecule has 3 nitrogen and oxygen atoms in total. The minimum absolute atomic E-state index is 0.454. The van der Waals surface area contributed by atoms with Gasteiger partial charge in [0.25, 0.3) is 0 Å². The molecule has 0 amide bonds. The first kappa shape index (κ1) is 14.3. The summed E-state index contributed by atoms with van der Waals surface area (Å²) in [5, 5.41) is 3.39. The van der Waals surface area contributed by atoms with Crippen LogP contribution in [0.5, 0.6) is 0 Å². The number of nitrogens with one attached hydrogen (secondary N) is 1. The first-order chi connectivity index (χ1) is 8.69. The lowest BCUT2D eigenvalue weighted by atomic mass is 10.1. The van der Waals surface area contributed by atoms with Crippen molar-refractivity contribution in [3.63, 3.8) is 0 Å². The molecule has 1 aliphatic carbocycles. The van der Waals surface area contributed by atoms with Crippen molar-refractivity contribution in [3.8, 4) is 0 Å². The number of likely N-dealkylation sites (N-methyl/N-ethyl adjacent to an activating group) is 1. The van der Waals surface area contributed by atoms with Gasteiger partial charge in [0.05, 0.1) is 12.2 Å². The molecule has 1 aliphatic heterocycles. The van der Waals surface area contributed by atoms with Crippen LogP contribution in [0.1, 0.15) is 46.5 Å². The van der Waals surface area contributed by atoms with Gasteiger partial charge in [-0.15, -0.1) is 0 Å². The number of ether oxygens (including phenoxy) is 1. The topological polar surface area (TPSA) is 24.5 Å². The van der Waals surface area contributed by atoms with E-state index in [1.807, 2.05) is 0 Å². The maximum absolute atomic E-state index is 6.15. The fraction of sp³-hybridized carbons (Fsp3) is 1.00. The van der Waals surface area contributed by atoms with Gasteiger partial charge < -0.3 is 10.1 Å². The molecule has 1 N–H and O–H groups in total. The van der Waals surface area contributed by atoms with E-state index < -0.39 is 0 Å². The third-order valence-electron chi connectivity index (χ3n) is 3.92. The molecule has 2 unspecified atom stereocenters. The number of hydrogen-bond donors (Lipinski definition) is 1. The van der Waals surface area contributed by atoms with Crippen LogP contribution in [0.4, 0.5) is 0 Å². The van der Waals surface area contributed by atoms with E-state index >= 15 is 0 Å². The van der Waals surface area contributed by atoms with Gasteiger partial charge in [0.15, 0.2) is 0 Å². The Bertz CT molecular complexity index is 241. The highest BCUT2D eigenvalue weighted by molar-refractivity contribution is 4.88. The maximum atomic E-state index is 6.15. The Morgan fingerprint density at radius 1 is 1.17 bits per heavy atom. The Morgan fingerprint density at radius 2 is 1.89 bits per heavy atom. The molecule has 2 fully saturated rings. The van der Waals surface area contributed by atoms with Crippen molar-refractivity contribution in [1.82, 2.24) is 10.2 Å². The van der Waals surface area contributed by atoms with E-state index in [2.05, 4.69) is 31.0 Å². The highest BCUT2D eigenvalue weighted by Crippen LogP contribution is 2.30. The second kappa shape index (κ2) is 6.88. The van der Waals surface area contributed by atoms with E-state index in [9.17, 15) is 0 Å². The van der Waals surface area contributed by atoms with Gasteiger partial charge in [-0.25, -0.2) is 0 Å². The van der Waals surface area contributed by atoms with Crippen molar-refractivity contribution in [2.75, 3.05) is 26.2 Å². The molecule has 2 aliphatic rings. The summed E-state index contributed by atoms with van der Waals surface area (Å²) < 4.78 is 6.15. The first-order valence-electron chi connectivity index (χ1n) is 7.79. The highest BCUT2D eigenvalue weighted by atomic mass is 16.5. The lowest BCUT2D eigenvalue weighted by Gasteiger charge is -2.27. The first-order valence-corrected chi connectivity index (χ1v) is 7.79. The average Bonchev–Trinajstić information content (AvgIpc) is 3.07. The van der Waals surface area contributed by atoms with Gasteiger partial charge in [-0.2, -0.15) is 0 Å². The summed E-state index contributed by atoms with van der Waals surface area (Å²) in [6, 6.07) is 0.865. The van der Waals surface area contributed by atoms with Crippen LogP contribution in [-0.4, -0.2) is 49.3 Å². The Balaban J connectivity index is 1.71. The van der Waals surface area contributed by atoms with Crippen LogP contribution in [-0.2, 0) is 4.74 Å². The molecule has 1 saturated carbocycles. The molecule has 2 rings (SSSR count). The predicted octanol–water partition coefficient (Wildman–Crippen LogP) is 2.26. The second-order valence-electron chi connectivity index (χ2n) is 6.34. The molecule has 0 spiro atoms. The van der Waals surface area contributed by atoms with Crippen molar-refractivity contribution < 1.29 is 4.74 Å². The van der Waals surface area contributed by atoms with Gasteiger partial charge in [0.1, 0.15) is 0 Å². The Labute approximate surface area is 112 Å². The Kier molecular flexibility index (Phi) is 5.46. The summed E-state index contributed by atoms with van der Waals surface area (Å²) in [7, 11) is 0. The van der Waals surface area contributed by atoms with E-state index in [0.29, 0.717) is 12.2 Å². The zero-order valence-electron chi connectivity index (χ0n) is 12.3. The van der Waals surface area contributed by atoms with E-state index in [0.717, 1.165) is 31.6 Å². The van der Waals surface area contributed by atoms with Crippen molar-refractivity contribution in [2.24, 2.45) is 5.92 Å². The molecule has 0 radical (unpaired) electrons. The number of rotatable bonds is 8. The summed E-state index contributed by atoms with van der Waals surface area (Å²) >= 11 is 0. The van der Waals surface area contributed by atoms with Crippen LogP contribution >= 0.6 is 0 Å². The van der Waals surface area contributed by atoms with Gasteiger partial charge in [-0.3, -0.25) is 4.90 Å². The normalized spacial score (nSPS) is 28.5. The molecule has 18 heavy (non-hydrogen) atoms. The van der Waals surface area contributed by atoms with Crippen LogP contribution < -0.4 is 5.32 Å². The van der Waals surface area contributed by atoms with Crippen LogP contribution in [0, 0.1) is 5.92 Å². The second-order valence-corrected chi connectivity index (χ2v) is 6.34. The molecule has 0 aromatic rings. The largest absolute Gasteiger partial charge is 0.372 e. The van der Waals surface area contributed by atoms with E-state index in [1.54, 1.807) is 0 Å². The SMILES string of the molecule is CCNCC1CCC(CN(CC(C)C)C2CC2)O1. The smallest absolute Gasteiger partial charge is 0.0707 e. The minimum atomic E-state index is 0.454. The Hall–Kier alpha value is -0.120. The van der Waals surface area contributed by atoms with E-state index in [1.165, 1.54) is 32.2 Å². The molecule has 0 aromatic heterocycles. The molecule has 1 heterocycles. The van der Waals surface area contributed by atoms with Crippen molar-refractivity contribution in [1.29, 1.82) is 0 Å². The monoisotopic (exact) mass is 254 g/mol. The maximum Gasteiger partial charge on any atom is 0.0707 e. The van der Waals surface area contributed by atoms with E-state index in [-0.39, 0.29) is 0 Å². The van der Waals surface area contributed by atoms with Crippen molar-refractivity contribution in [3.05, 3.63) is 0 Å². The van der Waals surface area contributed by atoms with Gasteiger partial charge in [-0.05, 0) is 38.1 Å².